The van der Waals surface area contributed by atoms with Crippen LogP contribution in [0.15, 0.2) is 46.9 Å². The van der Waals surface area contributed by atoms with Gasteiger partial charge in [0, 0.05) is 23.8 Å². The second-order valence-corrected chi connectivity index (χ2v) is 8.05. The van der Waals surface area contributed by atoms with Gasteiger partial charge in [0.25, 0.3) is 5.91 Å². The van der Waals surface area contributed by atoms with Crippen LogP contribution in [0.4, 0.5) is 5.69 Å². The van der Waals surface area contributed by atoms with Crippen molar-refractivity contribution in [1.82, 2.24) is 5.32 Å². The molecule has 1 aliphatic heterocycles. The number of nitrogens with zero attached hydrogens (tertiary/aromatic N) is 1. The number of ether oxygens (including phenoxy) is 2. The largest absolute Gasteiger partial charge is 0.480 e. The minimum absolute atomic E-state index is 0.119. The van der Waals surface area contributed by atoms with Gasteiger partial charge in [0.1, 0.15) is 5.75 Å². The van der Waals surface area contributed by atoms with Crippen molar-refractivity contribution in [2.24, 2.45) is 0 Å². The predicted molar refractivity (Wildman–Crippen MR) is 115 cm³/mol. The maximum atomic E-state index is 12.5. The van der Waals surface area contributed by atoms with Crippen LogP contribution in [0.1, 0.15) is 25.5 Å². The highest BCUT2D eigenvalue weighted by Crippen LogP contribution is 2.29. The molecule has 5 nitrogen and oxygen atoms in total. The van der Waals surface area contributed by atoms with Gasteiger partial charge in [-0.05, 0) is 65.7 Å². The van der Waals surface area contributed by atoms with Gasteiger partial charge in [-0.2, -0.15) is 0 Å². The first-order chi connectivity index (χ1) is 13.4. The molecule has 150 valence electrons. The van der Waals surface area contributed by atoms with Crippen LogP contribution in [-0.2, 0) is 9.53 Å². The normalized spacial score (nSPS) is 16.4. The molecule has 0 radical (unpaired) electrons. The SMILES string of the molecule is CC(Oc1ccc(Cl)cc1Br)C(=O)NC(C)c1ccc(N2CCOCC2)cc1. The number of nitrogens with one attached hydrogen (secondary N) is 1. The number of hydrogen-bond acceptors (Lipinski definition) is 4. The molecule has 0 spiro atoms. The Labute approximate surface area is 179 Å². The van der Waals surface area contributed by atoms with Gasteiger partial charge in [0.2, 0.25) is 0 Å². The fourth-order valence-corrected chi connectivity index (χ4v) is 3.80. The Kier molecular flexibility index (Phi) is 7.21. The lowest BCUT2D eigenvalue weighted by molar-refractivity contribution is -0.127. The smallest absolute Gasteiger partial charge is 0.261 e. The number of halogens is 2. The topological polar surface area (TPSA) is 50.8 Å². The van der Waals surface area contributed by atoms with Crippen molar-refractivity contribution in [3.8, 4) is 5.75 Å². The van der Waals surface area contributed by atoms with Crippen molar-refractivity contribution in [2.45, 2.75) is 26.0 Å². The van der Waals surface area contributed by atoms with Crippen LogP contribution in [0, 0.1) is 0 Å². The molecule has 1 amide bonds. The molecule has 0 bridgehead atoms. The minimum Gasteiger partial charge on any atom is -0.480 e. The number of rotatable bonds is 6. The summed E-state index contributed by atoms with van der Waals surface area (Å²) in [5.41, 5.74) is 2.22. The Bertz CT molecular complexity index is 810. The minimum atomic E-state index is -0.632. The molecule has 3 rings (SSSR count). The monoisotopic (exact) mass is 466 g/mol. The summed E-state index contributed by atoms with van der Waals surface area (Å²) in [4.78, 5) is 14.8. The first-order valence-corrected chi connectivity index (χ1v) is 10.5. The average Bonchev–Trinajstić information content (AvgIpc) is 2.70. The van der Waals surface area contributed by atoms with E-state index in [1.165, 1.54) is 5.69 Å². The first-order valence-electron chi connectivity index (χ1n) is 9.29. The molecule has 7 heteroatoms. The number of morpholine rings is 1. The third-order valence-corrected chi connectivity index (χ3v) is 5.55. The number of hydrogen-bond donors (Lipinski definition) is 1. The lowest BCUT2D eigenvalue weighted by Crippen LogP contribution is -2.38. The maximum Gasteiger partial charge on any atom is 0.261 e. The molecule has 1 saturated heterocycles. The highest BCUT2D eigenvalue weighted by molar-refractivity contribution is 9.10. The Hall–Kier alpha value is -1.76. The molecule has 1 aliphatic rings. The summed E-state index contributed by atoms with van der Waals surface area (Å²) in [6.45, 7) is 7.02. The molecule has 1 N–H and O–H groups in total. The molecule has 2 aromatic carbocycles. The number of amides is 1. The highest BCUT2D eigenvalue weighted by atomic mass is 79.9. The fourth-order valence-electron chi connectivity index (χ4n) is 3.02. The molecular weight excluding hydrogens is 444 g/mol. The fraction of sp³-hybridized carbons (Fsp3) is 0.381. The number of benzene rings is 2. The van der Waals surface area contributed by atoms with E-state index in [-0.39, 0.29) is 11.9 Å². The van der Waals surface area contributed by atoms with E-state index in [9.17, 15) is 4.79 Å². The summed E-state index contributed by atoms with van der Waals surface area (Å²) in [7, 11) is 0. The Morgan fingerprint density at radius 3 is 2.50 bits per heavy atom. The van der Waals surface area contributed by atoms with Crippen LogP contribution < -0.4 is 15.0 Å². The summed E-state index contributed by atoms with van der Waals surface area (Å²) in [6.07, 6.45) is -0.632. The van der Waals surface area contributed by atoms with Crippen LogP contribution in [0.2, 0.25) is 5.02 Å². The number of carbonyl (C=O) groups is 1. The Morgan fingerprint density at radius 2 is 1.86 bits per heavy atom. The molecule has 2 unspecified atom stereocenters. The van der Waals surface area contributed by atoms with E-state index >= 15 is 0 Å². The van der Waals surface area contributed by atoms with E-state index in [4.69, 9.17) is 21.1 Å². The molecule has 0 saturated carbocycles. The van der Waals surface area contributed by atoms with E-state index in [1.807, 2.05) is 6.92 Å². The van der Waals surface area contributed by atoms with E-state index in [2.05, 4.69) is 50.4 Å². The van der Waals surface area contributed by atoms with Crippen molar-refractivity contribution in [3.05, 3.63) is 57.5 Å². The lowest BCUT2D eigenvalue weighted by Gasteiger charge is -2.29. The van der Waals surface area contributed by atoms with E-state index in [0.717, 1.165) is 31.9 Å². The van der Waals surface area contributed by atoms with Crippen LogP contribution >= 0.6 is 27.5 Å². The van der Waals surface area contributed by atoms with Crippen molar-refractivity contribution >= 4 is 39.1 Å². The molecule has 28 heavy (non-hydrogen) atoms. The Morgan fingerprint density at radius 1 is 1.18 bits per heavy atom. The third-order valence-electron chi connectivity index (χ3n) is 4.69. The van der Waals surface area contributed by atoms with Gasteiger partial charge in [-0.1, -0.05) is 23.7 Å². The number of carbonyl (C=O) groups excluding carboxylic acids is 1. The third kappa shape index (κ3) is 5.40. The average molecular weight is 468 g/mol. The standard InChI is InChI=1S/C21H24BrClN2O3/c1-14(16-3-6-18(7-4-16)25-9-11-27-12-10-25)24-21(26)15(2)28-20-8-5-17(23)13-19(20)22/h3-8,13-15H,9-12H2,1-2H3,(H,24,26). The molecule has 1 heterocycles. The van der Waals surface area contributed by atoms with Crippen molar-refractivity contribution in [2.75, 3.05) is 31.2 Å². The van der Waals surface area contributed by atoms with Gasteiger partial charge in [-0.3, -0.25) is 4.79 Å². The summed E-state index contributed by atoms with van der Waals surface area (Å²) < 4.78 is 11.9. The first kappa shape index (κ1) is 21.0. The predicted octanol–water partition coefficient (Wildman–Crippen LogP) is 4.58. The molecule has 1 fully saturated rings. The summed E-state index contributed by atoms with van der Waals surface area (Å²) in [5.74, 6) is 0.404. The highest BCUT2D eigenvalue weighted by Gasteiger charge is 2.19. The Balaban J connectivity index is 1.56. The van der Waals surface area contributed by atoms with Crippen LogP contribution in [0.5, 0.6) is 5.75 Å². The summed E-state index contributed by atoms with van der Waals surface area (Å²) in [5, 5.41) is 3.61. The van der Waals surface area contributed by atoms with Crippen LogP contribution in [0.25, 0.3) is 0 Å². The lowest BCUT2D eigenvalue weighted by atomic mass is 10.1. The quantitative estimate of drug-likeness (QED) is 0.675. The van der Waals surface area contributed by atoms with Gasteiger partial charge in [0.15, 0.2) is 6.10 Å². The zero-order chi connectivity index (χ0) is 20.1. The molecule has 0 aromatic heterocycles. The zero-order valence-electron chi connectivity index (χ0n) is 16.0. The summed E-state index contributed by atoms with van der Waals surface area (Å²) >= 11 is 9.34. The van der Waals surface area contributed by atoms with Crippen molar-refractivity contribution in [1.29, 1.82) is 0 Å². The molecule has 0 aliphatic carbocycles. The number of anilines is 1. The van der Waals surface area contributed by atoms with Gasteiger partial charge in [-0.15, -0.1) is 0 Å². The summed E-state index contributed by atoms with van der Waals surface area (Å²) in [6, 6.07) is 13.4. The second kappa shape index (κ2) is 9.63. The van der Waals surface area contributed by atoms with Gasteiger partial charge in [0.05, 0.1) is 23.7 Å². The molecular formula is C21H24BrClN2O3. The van der Waals surface area contributed by atoms with Crippen molar-refractivity contribution < 1.29 is 14.3 Å². The van der Waals surface area contributed by atoms with Gasteiger partial charge >= 0.3 is 0 Å². The van der Waals surface area contributed by atoms with E-state index in [1.54, 1.807) is 25.1 Å². The van der Waals surface area contributed by atoms with E-state index < -0.39 is 6.10 Å². The molecule has 2 aromatic rings. The second-order valence-electron chi connectivity index (χ2n) is 6.76. The van der Waals surface area contributed by atoms with Crippen molar-refractivity contribution in [3.63, 3.8) is 0 Å². The van der Waals surface area contributed by atoms with Gasteiger partial charge < -0.3 is 19.7 Å². The van der Waals surface area contributed by atoms with Gasteiger partial charge in [-0.25, -0.2) is 0 Å². The molecule has 2 atom stereocenters. The van der Waals surface area contributed by atoms with Crippen LogP contribution in [-0.4, -0.2) is 38.3 Å². The van der Waals surface area contributed by atoms with Crippen LogP contribution in [0.3, 0.4) is 0 Å². The maximum absolute atomic E-state index is 12.5. The van der Waals surface area contributed by atoms with E-state index in [0.29, 0.717) is 15.2 Å². The zero-order valence-corrected chi connectivity index (χ0v) is 18.3.